The van der Waals surface area contributed by atoms with E-state index in [9.17, 15) is 9.59 Å². The van der Waals surface area contributed by atoms with Crippen LogP contribution in [0.3, 0.4) is 0 Å². The fourth-order valence-electron chi connectivity index (χ4n) is 3.08. The molecule has 7 nitrogen and oxygen atoms in total. The molecule has 8 heteroatoms. The van der Waals surface area contributed by atoms with E-state index in [0.717, 1.165) is 24.4 Å². The Morgan fingerprint density at radius 3 is 2.23 bits per heavy atom. The highest BCUT2D eigenvalue weighted by Crippen LogP contribution is 2.18. The maximum atomic E-state index is 13.2. The lowest BCUT2D eigenvalue weighted by molar-refractivity contribution is 0.0731. The molecule has 1 aromatic carbocycles. The predicted octanol–water partition coefficient (Wildman–Crippen LogP) is 1.91. The number of fused-ring (bicyclic) bond motifs is 1. The van der Waals surface area contributed by atoms with E-state index in [1.54, 1.807) is 4.90 Å². The molecule has 30 heavy (non-hydrogen) atoms. The normalized spacial score (nSPS) is 11.5. The van der Waals surface area contributed by atoms with E-state index < -0.39 is 0 Å². The molecule has 1 amide bonds. The van der Waals surface area contributed by atoms with Crippen molar-refractivity contribution in [2.24, 2.45) is 0 Å². The summed E-state index contributed by atoms with van der Waals surface area (Å²) in [4.78, 5) is 38.1. The van der Waals surface area contributed by atoms with Gasteiger partial charge in [0.15, 0.2) is 4.96 Å². The van der Waals surface area contributed by atoms with Gasteiger partial charge in [0.2, 0.25) is 0 Å². The van der Waals surface area contributed by atoms with E-state index in [2.05, 4.69) is 17.1 Å². The molecule has 0 unspecified atom stereocenters. The van der Waals surface area contributed by atoms with Crippen LogP contribution in [0.4, 0.5) is 0 Å². The predicted molar refractivity (Wildman–Crippen MR) is 122 cm³/mol. The number of hydrogen-bond donors (Lipinski definition) is 0. The summed E-state index contributed by atoms with van der Waals surface area (Å²) in [5.41, 5.74) is 0.987. The molecule has 3 aromatic rings. The quantitative estimate of drug-likeness (QED) is 0.522. The van der Waals surface area contributed by atoms with Gasteiger partial charge in [-0.15, -0.1) is 11.3 Å². The molecule has 0 bridgehead atoms. The molecular weight excluding hydrogens is 398 g/mol. The number of rotatable bonds is 9. The van der Waals surface area contributed by atoms with E-state index in [1.165, 1.54) is 27.5 Å². The average molecular weight is 428 g/mol. The van der Waals surface area contributed by atoms with E-state index in [-0.39, 0.29) is 17.0 Å². The van der Waals surface area contributed by atoms with Crippen LogP contribution in [0.2, 0.25) is 0 Å². The summed E-state index contributed by atoms with van der Waals surface area (Å²) >= 11 is 1.48. The third-order valence-corrected chi connectivity index (χ3v) is 5.82. The van der Waals surface area contributed by atoms with Crippen LogP contribution in [0.5, 0.6) is 0 Å². The number of amides is 1. The Morgan fingerprint density at radius 2 is 1.63 bits per heavy atom. The van der Waals surface area contributed by atoms with Crippen molar-refractivity contribution in [2.45, 2.75) is 6.42 Å². The smallest absolute Gasteiger partial charge is 0.271 e. The van der Waals surface area contributed by atoms with E-state index in [0.29, 0.717) is 18.1 Å². The summed E-state index contributed by atoms with van der Waals surface area (Å²) in [7, 11) is 7.88. The van der Waals surface area contributed by atoms with Crippen LogP contribution in [0.25, 0.3) is 4.96 Å². The number of thiazole rings is 1. The van der Waals surface area contributed by atoms with Gasteiger partial charge >= 0.3 is 0 Å². The molecule has 0 aliphatic carbocycles. The minimum absolute atomic E-state index is 0.120. The Kier molecular flexibility index (Phi) is 7.36. The van der Waals surface area contributed by atoms with Gasteiger partial charge in [-0.05, 0) is 33.8 Å². The van der Waals surface area contributed by atoms with E-state index in [4.69, 9.17) is 0 Å². The zero-order valence-electron chi connectivity index (χ0n) is 18.0. The van der Waals surface area contributed by atoms with Crippen molar-refractivity contribution in [3.63, 3.8) is 0 Å². The number of hydrogen-bond acceptors (Lipinski definition) is 6. The lowest BCUT2D eigenvalue weighted by atomic mass is 10.1. The molecule has 0 saturated carbocycles. The van der Waals surface area contributed by atoms with Gasteiger partial charge in [0.25, 0.3) is 11.5 Å². The molecule has 0 atom stereocenters. The number of carbonyl (C=O) groups is 1. The Balaban J connectivity index is 1.86. The summed E-state index contributed by atoms with van der Waals surface area (Å²) < 4.78 is 1.51. The van der Waals surface area contributed by atoms with E-state index in [1.807, 2.05) is 62.4 Å². The third kappa shape index (κ3) is 5.53. The maximum absolute atomic E-state index is 13.2. The Bertz CT molecular complexity index is 1030. The Labute approximate surface area is 181 Å². The molecule has 0 spiro atoms. The van der Waals surface area contributed by atoms with Gasteiger partial charge in [0.1, 0.15) is 5.56 Å². The minimum atomic E-state index is -0.305. The number of nitrogens with zero attached hydrogens (tertiary/aromatic N) is 5. The van der Waals surface area contributed by atoms with Crippen molar-refractivity contribution in [3.8, 4) is 0 Å². The standard InChI is InChI=1S/C22H29N5O2S/c1-24(2)10-12-26(13-11-25(3)4)20(28)19-15-23-22-27(21(19)29)16-18(30-22)14-17-8-6-5-7-9-17/h5-9,15-16H,10-14H2,1-4H3. The number of likely N-dealkylation sites (N-methyl/N-ethyl adjacent to an activating group) is 2. The Morgan fingerprint density at radius 1 is 1.00 bits per heavy atom. The zero-order chi connectivity index (χ0) is 21.7. The topological polar surface area (TPSA) is 61.2 Å². The summed E-state index contributed by atoms with van der Waals surface area (Å²) in [6.07, 6.45) is 3.97. The molecule has 0 aliphatic heterocycles. The van der Waals surface area contributed by atoms with Crippen molar-refractivity contribution < 1.29 is 4.79 Å². The van der Waals surface area contributed by atoms with Crippen LogP contribution in [0, 0.1) is 0 Å². The molecule has 0 saturated heterocycles. The maximum Gasteiger partial charge on any atom is 0.271 e. The second-order valence-electron chi connectivity index (χ2n) is 7.89. The second kappa shape index (κ2) is 9.97. The van der Waals surface area contributed by atoms with Crippen LogP contribution in [-0.2, 0) is 6.42 Å². The van der Waals surface area contributed by atoms with Crippen LogP contribution >= 0.6 is 11.3 Å². The first-order valence-electron chi connectivity index (χ1n) is 9.98. The summed E-state index contributed by atoms with van der Waals surface area (Å²) in [6, 6.07) is 10.1. The van der Waals surface area contributed by atoms with Gasteiger partial charge in [-0.3, -0.25) is 14.0 Å². The largest absolute Gasteiger partial charge is 0.336 e. The van der Waals surface area contributed by atoms with Crippen LogP contribution in [-0.4, -0.2) is 84.4 Å². The first kappa shape index (κ1) is 22.1. The molecular formula is C22H29N5O2S. The number of benzene rings is 1. The molecule has 0 N–H and O–H groups in total. The molecule has 2 heterocycles. The molecule has 0 fully saturated rings. The zero-order valence-corrected chi connectivity index (χ0v) is 18.9. The fourth-order valence-corrected chi connectivity index (χ4v) is 4.05. The van der Waals surface area contributed by atoms with Crippen molar-refractivity contribution in [3.05, 3.63) is 69.1 Å². The minimum Gasteiger partial charge on any atom is -0.336 e. The van der Waals surface area contributed by atoms with Crippen LogP contribution in [0.15, 0.2) is 47.5 Å². The van der Waals surface area contributed by atoms with Gasteiger partial charge in [-0.2, -0.15) is 0 Å². The fraction of sp³-hybridized carbons (Fsp3) is 0.409. The third-order valence-electron chi connectivity index (χ3n) is 4.83. The van der Waals surface area contributed by atoms with Crippen LogP contribution < -0.4 is 5.56 Å². The summed E-state index contributed by atoms with van der Waals surface area (Å²) in [6.45, 7) is 2.58. The van der Waals surface area contributed by atoms with Crippen molar-refractivity contribution in [2.75, 3.05) is 54.4 Å². The highest BCUT2D eigenvalue weighted by atomic mass is 32.1. The Hall–Kier alpha value is -2.55. The van der Waals surface area contributed by atoms with Gasteiger partial charge in [0.05, 0.1) is 0 Å². The van der Waals surface area contributed by atoms with Gasteiger partial charge in [-0.1, -0.05) is 30.3 Å². The van der Waals surface area contributed by atoms with Crippen LogP contribution in [0.1, 0.15) is 20.8 Å². The van der Waals surface area contributed by atoms with Crippen molar-refractivity contribution in [1.29, 1.82) is 0 Å². The highest BCUT2D eigenvalue weighted by molar-refractivity contribution is 7.17. The van der Waals surface area contributed by atoms with Gasteiger partial charge in [0, 0.05) is 49.9 Å². The van der Waals surface area contributed by atoms with E-state index >= 15 is 0 Å². The SMILES string of the molecule is CN(C)CCN(CCN(C)C)C(=O)c1cnc2sc(Cc3ccccc3)cn2c1=O. The van der Waals surface area contributed by atoms with Crippen molar-refractivity contribution >= 4 is 22.2 Å². The average Bonchev–Trinajstić information content (AvgIpc) is 3.11. The second-order valence-corrected chi connectivity index (χ2v) is 8.98. The molecule has 160 valence electrons. The number of aromatic nitrogens is 2. The summed E-state index contributed by atoms with van der Waals surface area (Å²) in [5, 5.41) is 0. The lowest BCUT2D eigenvalue weighted by Gasteiger charge is -2.25. The van der Waals surface area contributed by atoms with Crippen molar-refractivity contribution in [1.82, 2.24) is 24.1 Å². The first-order valence-corrected chi connectivity index (χ1v) is 10.8. The lowest BCUT2D eigenvalue weighted by Crippen LogP contribution is -2.42. The summed E-state index contributed by atoms with van der Waals surface area (Å²) in [5.74, 6) is -0.263. The highest BCUT2D eigenvalue weighted by Gasteiger charge is 2.21. The van der Waals surface area contributed by atoms with Gasteiger partial charge < -0.3 is 14.7 Å². The molecule has 3 rings (SSSR count). The molecule has 0 radical (unpaired) electrons. The molecule has 2 aromatic heterocycles. The van der Waals surface area contributed by atoms with Gasteiger partial charge in [-0.25, -0.2) is 4.98 Å². The molecule has 0 aliphatic rings. The number of carbonyl (C=O) groups excluding carboxylic acids is 1. The first-order chi connectivity index (χ1) is 14.3. The monoisotopic (exact) mass is 427 g/mol.